The van der Waals surface area contributed by atoms with E-state index in [9.17, 15) is 13.2 Å². The van der Waals surface area contributed by atoms with Crippen LogP contribution in [0.2, 0.25) is 5.02 Å². The molecule has 0 spiro atoms. The highest BCUT2D eigenvalue weighted by atomic mass is 35.5. The topological polar surface area (TPSA) is 108 Å². The Hall–Kier alpha value is -2.39. The lowest BCUT2D eigenvalue weighted by Crippen LogP contribution is -2.40. The Bertz CT molecular complexity index is 1390. The number of piperidine rings is 1. The first kappa shape index (κ1) is 27.2. The molecule has 7 nitrogen and oxygen atoms in total. The number of nitrogens with one attached hydrogen (secondary N) is 2. The van der Waals surface area contributed by atoms with Gasteiger partial charge in [-0.3, -0.25) is 4.79 Å². The molecule has 0 atom stereocenters. The largest absolute Gasteiger partial charge is 0.369 e. The van der Waals surface area contributed by atoms with E-state index in [2.05, 4.69) is 16.4 Å². The van der Waals surface area contributed by atoms with Crippen LogP contribution in [0.3, 0.4) is 0 Å². The number of benzene rings is 2. The van der Waals surface area contributed by atoms with Crippen molar-refractivity contribution in [2.45, 2.75) is 63.3 Å². The lowest BCUT2D eigenvalue weighted by Gasteiger charge is -2.31. The van der Waals surface area contributed by atoms with Crippen LogP contribution < -0.4 is 11.1 Å². The van der Waals surface area contributed by atoms with Crippen molar-refractivity contribution in [3.8, 4) is 11.1 Å². The number of rotatable bonds is 10. The van der Waals surface area contributed by atoms with Crippen molar-refractivity contribution in [3.63, 3.8) is 0 Å². The lowest BCUT2D eigenvalue weighted by atomic mass is 9.88. The molecule has 1 aliphatic carbocycles. The van der Waals surface area contributed by atoms with Crippen LogP contribution in [-0.2, 0) is 21.2 Å². The van der Waals surface area contributed by atoms with Gasteiger partial charge in [-0.25, -0.2) is 12.7 Å². The number of nitrogens with two attached hydrogens (primary N) is 1. The van der Waals surface area contributed by atoms with Gasteiger partial charge in [0.15, 0.2) is 0 Å². The zero-order chi connectivity index (χ0) is 26.7. The molecule has 204 valence electrons. The van der Waals surface area contributed by atoms with E-state index in [1.54, 1.807) is 4.31 Å². The van der Waals surface area contributed by atoms with Gasteiger partial charge in [0.1, 0.15) is 0 Å². The first-order valence-corrected chi connectivity index (χ1v) is 15.7. The van der Waals surface area contributed by atoms with Crippen LogP contribution in [0.5, 0.6) is 0 Å². The van der Waals surface area contributed by atoms with Crippen LogP contribution in [0.25, 0.3) is 22.0 Å². The number of H-pyrrole nitrogens is 1. The van der Waals surface area contributed by atoms with Gasteiger partial charge in [0.05, 0.1) is 12.2 Å². The van der Waals surface area contributed by atoms with E-state index in [0.29, 0.717) is 30.6 Å². The number of sulfonamides is 1. The Morgan fingerprint density at radius 2 is 1.84 bits per heavy atom. The van der Waals surface area contributed by atoms with Crippen molar-refractivity contribution in [1.29, 1.82) is 0 Å². The molecule has 9 heteroatoms. The monoisotopic (exact) mass is 556 g/mol. The van der Waals surface area contributed by atoms with Crippen LogP contribution in [0.15, 0.2) is 42.6 Å². The van der Waals surface area contributed by atoms with Gasteiger partial charge >= 0.3 is 0 Å². The SMILES string of the molecule is NC(=O)Cc1cc(-c2cccc(Cl)c2)cc2c(C3CCN(S(=O)(=O)CCCNC4CCCC4)CC3)c[nH]c12. The molecule has 38 heavy (non-hydrogen) atoms. The number of amides is 1. The lowest BCUT2D eigenvalue weighted by molar-refractivity contribution is -0.117. The van der Waals surface area contributed by atoms with Crippen LogP contribution in [0.1, 0.15) is 62.0 Å². The summed E-state index contributed by atoms with van der Waals surface area (Å²) >= 11 is 6.25. The second-order valence-electron chi connectivity index (χ2n) is 10.7. The molecule has 0 bridgehead atoms. The summed E-state index contributed by atoms with van der Waals surface area (Å²) in [5.74, 6) is 0.0437. The van der Waals surface area contributed by atoms with E-state index in [1.807, 2.05) is 36.5 Å². The Morgan fingerprint density at radius 3 is 2.55 bits per heavy atom. The van der Waals surface area contributed by atoms with E-state index < -0.39 is 10.0 Å². The summed E-state index contributed by atoms with van der Waals surface area (Å²) in [5.41, 5.74) is 10.4. The summed E-state index contributed by atoms with van der Waals surface area (Å²) in [6, 6.07) is 12.4. The number of halogens is 1. The maximum Gasteiger partial charge on any atom is 0.221 e. The van der Waals surface area contributed by atoms with Gasteiger partial charge in [-0.05, 0) is 91.1 Å². The van der Waals surface area contributed by atoms with Crippen LogP contribution >= 0.6 is 11.6 Å². The van der Waals surface area contributed by atoms with Gasteiger partial charge in [-0.1, -0.05) is 36.6 Å². The quantitative estimate of drug-likeness (QED) is 0.307. The predicted molar refractivity (Wildman–Crippen MR) is 154 cm³/mol. The molecule has 2 fully saturated rings. The number of hydrogen-bond donors (Lipinski definition) is 3. The number of carbonyl (C=O) groups excluding carboxylic acids is 1. The minimum absolute atomic E-state index is 0.136. The van der Waals surface area contributed by atoms with E-state index >= 15 is 0 Å². The van der Waals surface area contributed by atoms with Gasteiger partial charge in [0.25, 0.3) is 0 Å². The average molecular weight is 557 g/mol. The second-order valence-corrected chi connectivity index (χ2v) is 13.3. The predicted octanol–water partition coefficient (Wildman–Crippen LogP) is 4.95. The maximum atomic E-state index is 13.0. The summed E-state index contributed by atoms with van der Waals surface area (Å²) < 4.78 is 27.7. The Labute approximate surface area is 230 Å². The van der Waals surface area contributed by atoms with Crippen molar-refractivity contribution in [2.75, 3.05) is 25.4 Å². The number of fused-ring (bicyclic) bond motifs is 1. The van der Waals surface area contributed by atoms with Crippen LogP contribution in [-0.4, -0.2) is 55.0 Å². The maximum absolute atomic E-state index is 13.0. The van der Waals surface area contributed by atoms with E-state index in [0.717, 1.165) is 52.5 Å². The smallest absolute Gasteiger partial charge is 0.221 e. The highest BCUT2D eigenvalue weighted by Gasteiger charge is 2.30. The van der Waals surface area contributed by atoms with Gasteiger partial charge < -0.3 is 16.0 Å². The third-order valence-corrected chi connectivity index (χ3v) is 10.3. The van der Waals surface area contributed by atoms with Gasteiger partial charge in [0.2, 0.25) is 15.9 Å². The third kappa shape index (κ3) is 6.25. The zero-order valence-electron chi connectivity index (χ0n) is 21.7. The van der Waals surface area contributed by atoms with E-state index in [-0.39, 0.29) is 24.0 Å². The van der Waals surface area contributed by atoms with E-state index in [1.165, 1.54) is 25.7 Å². The number of carbonyl (C=O) groups is 1. The summed E-state index contributed by atoms with van der Waals surface area (Å²) in [6.07, 6.45) is 9.29. The molecule has 1 saturated carbocycles. The van der Waals surface area contributed by atoms with Crippen molar-refractivity contribution >= 4 is 38.4 Å². The summed E-state index contributed by atoms with van der Waals surface area (Å²) in [5, 5.41) is 5.22. The van der Waals surface area contributed by atoms with E-state index in [4.69, 9.17) is 17.3 Å². The fraction of sp³-hybridized carbons (Fsp3) is 0.483. The molecule has 1 saturated heterocycles. The van der Waals surface area contributed by atoms with Crippen molar-refractivity contribution in [1.82, 2.24) is 14.6 Å². The number of aromatic amines is 1. The molecule has 0 unspecified atom stereocenters. The van der Waals surface area contributed by atoms with Gasteiger partial charge in [-0.15, -0.1) is 0 Å². The molecule has 5 rings (SSSR count). The highest BCUT2D eigenvalue weighted by molar-refractivity contribution is 7.89. The fourth-order valence-corrected chi connectivity index (χ4v) is 7.82. The zero-order valence-corrected chi connectivity index (χ0v) is 23.3. The van der Waals surface area contributed by atoms with Crippen LogP contribution in [0, 0.1) is 0 Å². The third-order valence-electron chi connectivity index (χ3n) is 8.08. The molecule has 4 N–H and O–H groups in total. The van der Waals surface area contributed by atoms with Crippen LogP contribution in [0.4, 0.5) is 0 Å². The summed E-state index contributed by atoms with van der Waals surface area (Å²) in [6.45, 7) is 1.81. The molecule has 2 aliphatic rings. The minimum Gasteiger partial charge on any atom is -0.369 e. The first-order valence-electron chi connectivity index (χ1n) is 13.7. The van der Waals surface area contributed by atoms with Gasteiger partial charge in [0, 0.05) is 41.3 Å². The Morgan fingerprint density at radius 1 is 1.08 bits per heavy atom. The summed E-state index contributed by atoms with van der Waals surface area (Å²) in [4.78, 5) is 15.2. The molecule has 1 aliphatic heterocycles. The molecule has 3 aromatic rings. The second kappa shape index (κ2) is 11.8. The number of nitrogens with zero attached hydrogens (tertiary/aromatic N) is 1. The van der Waals surface area contributed by atoms with Crippen molar-refractivity contribution in [2.24, 2.45) is 5.73 Å². The summed E-state index contributed by atoms with van der Waals surface area (Å²) in [7, 11) is -3.26. The number of hydrogen-bond acceptors (Lipinski definition) is 4. The molecule has 0 radical (unpaired) electrons. The Kier molecular flexibility index (Phi) is 8.43. The Balaban J connectivity index is 1.29. The minimum atomic E-state index is -3.26. The average Bonchev–Trinajstić information content (AvgIpc) is 3.57. The van der Waals surface area contributed by atoms with Crippen molar-refractivity contribution in [3.05, 3.63) is 58.7 Å². The number of primary amides is 1. The highest BCUT2D eigenvalue weighted by Crippen LogP contribution is 2.37. The fourth-order valence-electron chi connectivity index (χ4n) is 6.09. The number of aromatic nitrogens is 1. The normalized spacial score (nSPS) is 17.9. The molecular weight excluding hydrogens is 520 g/mol. The molecule has 1 amide bonds. The first-order chi connectivity index (χ1) is 18.3. The molecule has 2 aromatic carbocycles. The molecule has 2 heterocycles. The van der Waals surface area contributed by atoms with Gasteiger partial charge in [-0.2, -0.15) is 0 Å². The van der Waals surface area contributed by atoms with Crippen molar-refractivity contribution < 1.29 is 13.2 Å². The molecular formula is C29H37ClN4O3S. The molecule has 1 aromatic heterocycles. The standard InChI is InChI=1S/C29H37ClN4O3S/c30-24-6-3-5-21(16-24)22-15-23(18-28(31)35)29-26(17-22)27(19-33-29)20-9-12-34(13-10-20)38(36,37)14-4-11-32-25-7-1-2-8-25/h3,5-6,15-17,19-20,25,32-33H,1-2,4,7-14,18H2,(H2,31,35).